The number of ether oxygens (including phenoxy) is 1. The third kappa shape index (κ3) is 3.39. The van der Waals surface area contributed by atoms with Crippen LogP contribution in [0.3, 0.4) is 0 Å². The molecule has 2 aromatic carbocycles. The van der Waals surface area contributed by atoms with E-state index in [1.54, 1.807) is 12.1 Å². The molecule has 1 fully saturated rings. The Kier molecular flexibility index (Phi) is 4.19. The van der Waals surface area contributed by atoms with Crippen molar-refractivity contribution in [2.24, 2.45) is 0 Å². The Balaban J connectivity index is 1.53. The average molecular weight is 338 g/mol. The lowest BCUT2D eigenvalue weighted by Gasteiger charge is -2.23. The SMILES string of the molecule is Cc1cccc(Cn2cc(C3OCCN3c3ccc(F)cc3)nn2)c1. The van der Waals surface area contributed by atoms with Crippen LogP contribution in [-0.2, 0) is 11.3 Å². The highest BCUT2D eigenvalue weighted by molar-refractivity contribution is 5.48. The highest BCUT2D eigenvalue weighted by Crippen LogP contribution is 2.31. The van der Waals surface area contributed by atoms with E-state index in [2.05, 4.69) is 40.3 Å². The zero-order chi connectivity index (χ0) is 17.2. The van der Waals surface area contributed by atoms with Crippen LogP contribution in [0.1, 0.15) is 23.0 Å². The van der Waals surface area contributed by atoms with E-state index < -0.39 is 0 Å². The second kappa shape index (κ2) is 6.64. The molecular formula is C19H19FN4O. The van der Waals surface area contributed by atoms with Gasteiger partial charge in [-0.15, -0.1) is 5.10 Å². The van der Waals surface area contributed by atoms with Crippen molar-refractivity contribution >= 4 is 5.69 Å². The summed E-state index contributed by atoms with van der Waals surface area (Å²) in [6.07, 6.45) is 1.62. The van der Waals surface area contributed by atoms with Gasteiger partial charge in [0, 0.05) is 12.2 Å². The second-order valence-electron chi connectivity index (χ2n) is 6.22. The predicted molar refractivity (Wildman–Crippen MR) is 92.7 cm³/mol. The van der Waals surface area contributed by atoms with Crippen LogP contribution < -0.4 is 4.90 Å². The Bertz CT molecular complexity index is 862. The van der Waals surface area contributed by atoms with E-state index in [1.165, 1.54) is 23.3 Å². The molecule has 3 aromatic rings. The van der Waals surface area contributed by atoms with Crippen molar-refractivity contribution in [1.29, 1.82) is 0 Å². The number of halogens is 1. The van der Waals surface area contributed by atoms with Gasteiger partial charge in [0.2, 0.25) is 0 Å². The van der Waals surface area contributed by atoms with Crippen LogP contribution in [0.2, 0.25) is 0 Å². The van der Waals surface area contributed by atoms with E-state index in [-0.39, 0.29) is 12.0 Å². The summed E-state index contributed by atoms with van der Waals surface area (Å²) >= 11 is 0. The smallest absolute Gasteiger partial charge is 0.177 e. The van der Waals surface area contributed by atoms with Gasteiger partial charge < -0.3 is 9.64 Å². The molecule has 128 valence electrons. The Morgan fingerprint density at radius 3 is 2.84 bits per heavy atom. The van der Waals surface area contributed by atoms with Gasteiger partial charge in [0.25, 0.3) is 0 Å². The molecule has 1 aliphatic heterocycles. The number of anilines is 1. The minimum atomic E-state index is -0.295. The van der Waals surface area contributed by atoms with Gasteiger partial charge in [0.15, 0.2) is 6.23 Å². The zero-order valence-electron chi connectivity index (χ0n) is 14.0. The first-order valence-corrected chi connectivity index (χ1v) is 8.28. The van der Waals surface area contributed by atoms with Crippen LogP contribution in [-0.4, -0.2) is 28.1 Å². The lowest BCUT2D eigenvalue weighted by Crippen LogP contribution is -2.23. The largest absolute Gasteiger partial charge is 0.350 e. The molecule has 1 saturated heterocycles. The standard InChI is InChI=1S/C19H19FN4O/c1-14-3-2-4-15(11-14)12-23-13-18(21-22-23)19-24(9-10-25-19)17-7-5-16(20)6-8-17/h2-8,11,13,19H,9-10,12H2,1H3. The molecule has 6 heteroatoms. The number of aryl methyl sites for hydroxylation is 1. The van der Waals surface area contributed by atoms with Crippen molar-refractivity contribution in [2.75, 3.05) is 18.1 Å². The van der Waals surface area contributed by atoms with Crippen LogP contribution in [0.25, 0.3) is 0 Å². The molecule has 0 spiro atoms. The first-order chi connectivity index (χ1) is 12.2. The third-order valence-electron chi connectivity index (χ3n) is 4.29. The van der Waals surface area contributed by atoms with Gasteiger partial charge in [0.05, 0.1) is 19.3 Å². The molecule has 0 aliphatic carbocycles. The second-order valence-corrected chi connectivity index (χ2v) is 6.22. The van der Waals surface area contributed by atoms with Crippen molar-refractivity contribution in [1.82, 2.24) is 15.0 Å². The van der Waals surface area contributed by atoms with Gasteiger partial charge in [-0.25, -0.2) is 9.07 Å². The molecule has 1 aliphatic rings. The molecular weight excluding hydrogens is 319 g/mol. The summed E-state index contributed by atoms with van der Waals surface area (Å²) in [5, 5.41) is 8.51. The van der Waals surface area contributed by atoms with Crippen molar-refractivity contribution in [2.45, 2.75) is 19.7 Å². The molecule has 0 bridgehead atoms. The number of hydrogen-bond acceptors (Lipinski definition) is 4. The van der Waals surface area contributed by atoms with Crippen LogP contribution in [0.15, 0.2) is 54.7 Å². The van der Waals surface area contributed by atoms with Crippen LogP contribution in [0.5, 0.6) is 0 Å². The topological polar surface area (TPSA) is 43.2 Å². The summed E-state index contributed by atoms with van der Waals surface area (Å²) < 4.78 is 20.8. The van der Waals surface area contributed by atoms with Crippen molar-refractivity contribution in [3.05, 3.63) is 77.4 Å². The molecule has 0 amide bonds. The molecule has 1 atom stereocenters. The molecule has 4 rings (SSSR count). The summed E-state index contributed by atoms with van der Waals surface area (Å²) in [6.45, 7) is 4.08. The maximum absolute atomic E-state index is 13.2. The Labute approximate surface area is 145 Å². The fourth-order valence-electron chi connectivity index (χ4n) is 3.11. The average Bonchev–Trinajstić information content (AvgIpc) is 3.24. The maximum atomic E-state index is 13.2. The summed E-state index contributed by atoms with van der Waals surface area (Å²) in [7, 11) is 0. The molecule has 0 saturated carbocycles. The van der Waals surface area contributed by atoms with Gasteiger partial charge in [-0.2, -0.15) is 0 Å². The lowest BCUT2D eigenvalue weighted by atomic mass is 10.1. The zero-order valence-corrected chi connectivity index (χ0v) is 14.0. The summed E-state index contributed by atoms with van der Waals surface area (Å²) in [5.74, 6) is -0.246. The molecule has 1 unspecified atom stereocenters. The minimum Gasteiger partial charge on any atom is -0.350 e. The molecule has 0 radical (unpaired) electrons. The quantitative estimate of drug-likeness (QED) is 0.732. The van der Waals surface area contributed by atoms with E-state index in [0.717, 1.165) is 17.9 Å². The number of rotatable bonds is 4. The lowest BCUT2D eigenvalue weighted by molar-refractivity contribution is 0.110. The number of nitrogens with zero attached hydrogens (tertiary/aromatic N) is 4. The Morgan fingerprint density at radius 1 is 1.20 bits per heavy atom. The monoisotopic (exact) mass is 338 g/mol. The van der Waals surface area contributed by atoms with Gasteiger partial charge in [-0.3, -0.25) is 0 Å². The molecule has 0 N–H and O–H groups in total. The Morgan fingerprint density at radius 2 is 2.04 bits per heavy atom. The fraction of sp³-hybridized carbons (Fsp3) is 0.263. The molecule has 25 heavy (non-hydrogen) atoms. The molecule has 1 aromatic heterocycles. The van der Waals surface area contributed by atoms with E-state index in [9.17, 15) is 4.39 Å². The highest BCUT2D eigenvalue weighted by atomic mass is 19.1. The van der Waals surface area contributed by atoms with Crippen molar-refractivity contribution in [3.8, 4) is 0 Å². The van der Waals surface area contributed by atoms with Crippen LogP contribution >= 0.6 is 0 Å². The highest BCUT2D eigenvalue weighted by Gasteiger charge is 2.29. The van der Waals surface area contributed by atoms with E-state index in [0.29, 0.717) is 13.2 Å². The minimum absolute atomic E-state index is 0.246. The third-order valence-corrected chi connectivity index (χ3v) is 4.29. The summed E-state index contributed by atoms with van der Waals surface area (Å²) in [6, 6.07) is 14.8. The van der Waals surface area contributed by atoms with Crippen LogP contribution in [0.4, 0.5) is 10.1 Å². The predicted octanol–water partition coefficient (Wildman–Crippen LogP) is 3.31. The molecule has 2 heterocycles. The fourth-order valence-corrected chi connectivity index (χ4v) is 3.11. The number of benzene rings is 2. The van der Waals surface area contributed by atoms with Crippen LogP contribution in [0, 0.1) is 12.7 Å². The van der Waals surface area contributed by atoms with Gasteiger partial charge in [0.1, 0.15) is 11.5 Å². The molecule has 5 nitrogen and oxygen atoms in total. The van der Waals surface area contributed by atoms with Gasteiger partial charge in [-0.05, 0) is 36.8 Å². The summed E-state index contributed by atoms with van der Waals surface area (Å²) in [5.41, 5.74) is 4.07. The number of aromatic nitrogens is 3. The first-order valence-electron chi connectivity index (χ1n) is 8.28. The normalized spacial score (nSPS) is 17.2. The van der Waals surface area contributed by atoms with E-state index in [1.807, 2.05) is 16.9 Å². The van der Waals surface area contributed by atoms with Crippen molar-refractivity contribution < 1.29 is 9.13 Å². The summed E-state index contributed by atoms with van der Waals surface area (Å²) in [4.78, 5) is 2.07. The Hall–Kier alpha value is -2.73. The van der Waals surface area contributed by atoms with E-state index in [4.69, 9.17) is 4.74 Å². The van der Waals surface area contributed by atoms with Gasteiger partial charge in [-0.1, -0.05) is 35.0 Å². The van der Waals surface area contributed by atoms with E-state index >= 15 is 0 Å². The van der Waals surface area contributed by atoms with Crippen molar-refractivity contribution in [3.63, 3.8) is 0 Å². The maximum Gasteiger partial charge on any atom is 0.177 e. The number of hydrogen-bond donors (Lipinski definition) is 0. The first kappa shape index (κ1) is 15.8. The van der Waals surface area contributed by atoms with Gasteiger partial charge >= 0.3 is 0 Å².